The van der Waals surface area contributed by atoms with Gasteiger partial charge in [0.05, 0.1) is 0 Å². The summed E-state index contributed by atoms with van der Waals surface area (Å²) in [6, 6.07) is 16.0. The first-order valence-electron chi connectivity index (χ1n) is 17.6. The minimum Gasteiger partial charge on any atom is -0.206 e. The van der Waals surface area contributed by atoms with E-state index < -0.39 is 11.6 Å². The molecule has 0 fully saturated rings. The van der Waals surface area contributed by atoms with Crippen molar-refractivity contribution in [1.29, 1.82) is 0 Å². The van der Waals surface area contributed by atoms with E-state index in [0.717, 1.165) is 49.1 Å². The van der Waals surface area contributed by atoms with Crippen LogP contribution in [0.3, 0.4) is 0 Å². The number of allylic oxidation sites excluding steroid dienone is 2. The van der Waals surface area contributed by atoms with Crippen molar-refractivity contribution in [2.75, 3.05) is 0 Å². The molecule has 3 aromatic rings. The molecule has 3 heteroatoms. The van der Waals surface area contributed by atoms with E-state index in [9.17, 15) is 4.39 Å². The predicted octanol–water partition coefficient (Wildman–Crippen LogP) is 13.7. The van der Waals surface area contributed by atoms with Crippen molar-refractivity contribution < 1.29 is 13.2 Å². The lowest BCUT2D eigenvalue weighted by molar-refractivity contribution is 0.423. The highest BCUT2D eigenvalue weighted by Crippen LogP contribution is 2.35. The lowest BCUT2D eigenvalue weighted by Crippen LogP contribution is -2.05. The van der Waals surface area contributed by atoms with Gasteiger partial charge in [-0.2, -0.15) is 0 Å². The molecule has 0 N–H and O–H groups in total. The van der Waals surface area contributed by atoms with Crippen LogP contribution in [0.1, 0.15) is 134 Å². The van der Waals surface area contributed by atoms with Crippen LogP contribution in [0.15, 0.2) is 60.7 Å². The predicted molar refractivity (Wildman–Crippen MR) is 182 cm³/mol. The third kappa shape index (κ3) is 9.85. The van der Waals surface area contributed by atoms with Crippen LogP contribution in [-0.2, 0) is 6.42 Å². The first kappa shape index (κ1) is 34.1. The monoisotopic (exact) mass is 602 g/mol. The second kappa shape index (κ2) is 18.2. The molecule has 1 aliphatic rings. The van der Waals surface area contributed by atoms with Gasteiger partial charge in [0.1, 0.15) is 5.82 Å². The zero-order valence-electron chi connectivity index (χ0n) is 27.2. The molecular weight excluding hydrogens is 549 g/mol. The second-order valence-corrected chi connectivity index (χ2v) is 13.0. The summed E-state index contributed by atoms with van der Waals surface area (Å²) in [6.07, 6.45) is 23.5. The van der Waals surface area contributed by atoms with Crippen molar-refractivity contribution >= 4 is 5.57 Å². The summed E-state index contributed by atoms with van der Waals surface area (Å²) < 4.78 is 45.3. The third-order valence-electron chi connectivity index (χ3n) is 9.54. The molecule has 0 spiro atoms. The van der Waals surface area contributed by atoms with Gasteiger partial charge in [0.15, 0.2) is 11.6 Å². The number of halogens is 3. The molecule has 0 aliphatic heterocycles. The number of benzene rings is 3. The van der Waals surface area contributed by atoms with E-state index in [0.29, 0.717) is 23.1 Å². The highest BCUT2D eigenvalue weighted by molar-refractivity contribution is 5.74. The number of aryl methyl sites for hydroxylation is 1. The molecule has 0 bridgehead atoms. The Morgan fingerprint density at radius 3 is 1.77 bits per heavy atom. The Labute approximate surface area is 265 Å². The lowest BCUT2D eigenvalue weighted by atomic mass is 9.83. The summed E-state index contributed by atoms with van der Waals surface area (Å²) in [5.41, 5.74) is 4.74. The summed E-state index contributed by atoms with van der Waals surface area (Å²) in [7, 11) is 0. The van der Waals surface area contributed by atoms with Crippen molar-refractivity contribution in [1.82, 2.24) is 0 Å². The number of hydrogen-bond acceptors (Lipinski definition) is 0. The van der Waals surface area contributed by atoms with Crippen LogP contribution >= 0.6 is 0 Å². The maximum absolute atomic E-state index is 15.3. The highest BCUT2D eigenvalue weighted by atomic mass is 19.2. The Balaban J connectivity index is 1.32. The zero-order valence-corrected chi connectivity index (χ0v) is 27.2. The first-order valence-corrected chi connectivity index (χ1v) is 17.6. The van der Waals surface area contributed by atoms with E-state index >= 15 is 8.78 Å². The van der Waals surface area contributed by atoms with Crippen molar-refractivity contribution in [2.24, 2.45) is 5.92 Å². The molecule has 0 heterocycles. The van der Waals surface area contributed by atoms with Gasteiger partial charge in [-0.1, -0.05) is 152 Å². The van der Waals surface area contributed by atoms with Gasteiger partial charge in [-0.15, -0.1) is 0 Å². The fourth-order valence-corrected chi connectivity index (χ4v) is 6.68. The average Bonchev–Trinajstić information content (AvgIpc) is 3.04. The van der Waals surface area contributed by atoms with Gasteiger partial charge in [-0.3, -0.25) is 0 Å². The molecule has 238 valence electrons. The van der Waals surface area contributed by atoms with Crippen LogP contribution in [-0.4, -0.2) is 0 Å². The van der Waals surface area contributed by atoms with Crippen LogP contribution in [0.25, 0.3) is 27.8 Å². The Bertz CT molecular complexity index is 1320. The van der Waals surface area contributed by atoms with Gasteiger partial charge in [0.2, 0.25) is 0 Å². The molecule has 4 rings (SSSR count). The molecule has 44 heavy (non-hydrogen) atoms. The summed E-state index contributed by atoms with van der Waals surface area (Å²) in [5, 5.41) is 0. The maximum atomic E-state index is 15.3. The largest absolute Gasteiger partial charge is 0.206 e. The smallest absolute Gasteiger partial charge is 0.166 e. The minimum absolute atomic E-state index is 0.244. The number of unbranched alkanes of at least 4 members (excludes halogenated alkanes) is 11. The zero-order chi connectivity index (χ0) is 31.1. The fraction of sp³-hybridized carbons (Fsp3) is 0.512. The van der Waals surface area contributed by atoms with E-state index in [1.54, 1.807) is 42.5 Å². The Hall–Kier alpha value is -2.81. The normalized spacial score (nSPS) is 15.0. The summed E-state index contributed by atoms with van der Waals surface area (Å²) >= 11 is 0. The molecule has 0 radical (unpaired) electrons. The SMILES string of the molecule is CCCCCCCCCCc1ccc(-c2ccc(-c3ccc(C4=CCC(CCCCCCC)CC4)cc3F)cc2)c(F)c1F. The van der Waals surface area contributed by atoms with Gasteiger partial charge >= 0.3 is 0 Å². The summed E-state index contributed by atoms with van der Waals surface area (Å²) in [6.45, 7) is 4.47. The van der Waals surface area contributed by atoms with Crippen molar-refractivity contribution in [3.63, 3.8) is 0 Å². The van der Waals surface area contributed by atoms with Crippen molar-refractivity contribution in [2.45, 2.75) is 129 Å². The van der Waals surface area contributed by atoms with Gasteiger partial charge in [-0.05, 0) is 71.9 Å². The molecule has 1 unspecified atom stereocenters. The van der Waals surface area contributed by atoms with Gasteiger partial charge in [0.25, 0.3) is 0 Å². The number of rotatable bonds is 18. The van der Waals surface area contributed by atoms with Gasteiger partial charge in [0, 0.05) is 11.1 Å². The first-order chi connectivity index (χ1) is 21.5. The van der Waals surface area contributed by atoms with Crippen LogP contribution in [0, 0.1) is 23.4 Å². The Morgan fingerprint density at radius 1 is 0.591 bits per heavy atom. The van der Waals surface area contributed by atoms with E-state index in [2.05, 4.69) is 19.9 Å². The Morgan fingerprint density at radius 2 is 1.16 bits per heavy atom. The minimum atomic E-state index is -0.801. The van der Waals surface area contributed by atoms with E-state index in [1.807, 2.05) is 12.1 Å². The Kier molecular flexibility index (Phi) is 14.1. The number of hydrogen-bond donors (Lipinski definition) is 0. The standard InChI is InChI=1S/C41H53F3/c1-3-5-7-9-10-11-13-15-17-35-26-29-38(41(44)40(35)43)34-24-22-33(23-25-34)37-28-27-36(30-39(37)42)32-20-18-31(19-21-32)16-14-12-8-6-4-2/h20,22-31H,3-19,21H2,1-2H3. The average molecular weight is 603 g/mol. The molecular formula is C41H53F3. The topological polar surface area (TPSA) is 0 Å². The van der Waals surface area contributed by atoms with Gasteiger partial charge in [-0.25, -0.2) is 13.2 Å². The van der Waals surface area contributed by atoms with Crippen LogP contribution in [0.2, 0.25) is 0 Å². The quantitative estimate of drug-likeness (QED) is 0.127. The third-order valence-corrected chi connectivity index (χ3v) is 9.54. The molecule has 0 nitrogen and oxygen atoms in total. The summed E-state index contributed by atoms with van der Waals surface area (Å²) in [4.78, 5) is 0. The maximum Gasteiger partial charge on any atom is 0.166 e. The second-order valence-electron chi connectivity index (χ2n) is 13.0. The molecule has 1 atom stereocenters. The highest BCUT2D eigenvalue weighted by Gasteiger charge is 2.18. The molecule has 0 saturated heterocycles. The van der Waals surface area contributed by atoms with Crippen LogP contribution in [0.5, 0.6) is 0 Å². The van der Waals surface area contributed by atoms with Crippen molar-refractivity contribution in [3.8, 4) is 22.3 Å². The van der Waals surface area contributed by atoms with Crippen LogP contribution in [0.4, 0.5) is 13.2 Å². The van der Waals surface area contributed by atoms with Gasteiger partial charge < -0.3 is 0 Å². The van der Waals surface area contributed by atoms with E-state index in [-0.39, 0.29) is 11.4 Å². The molecule has 1 aliphatic carbocycles. The molecule has 3 aromatic carbocycles. The van der Waals surface area contributed by atoms with Crippen molar-refractivity contribution in [3.05, 3.63) is 89.3 Å². The van der Waals surface area contributed by atoms with Crippen LogP contribution < -0.4 is 0 Å². The molecule has 0 amide bonds. The lowest BCUT2D eigenvalue weighted by Gasteiger charge is -2.22. The fourth-order valence-electron chi connectivity index (χ4n) is 6.68. The molecule has 0 aromatic heterocycles. The van der Waals surface area contributed by atoms with E-state index in [4.69, 9.17) is 0 Å². The van der Waals surface area contributed by atoms with E-state index in [1.165, 1.54) is 82.6 Å². The summed E-state index contributed by atoms with van der Waals surface area (Å²) in [5.74, 6) is -1.04. The molecule has 0 saturated carbocycles.